The Balaban J connectivity index is 2.63. The Kier molecular flexibility index (Phi) is 1.60. The molecule has 0 bridgehead atoms. The lowest BCUT2D eigenvalue weighted by atomic mass is 10.1. The minimum absolute atomic E-state index is 0.0617. The fourth-order valence-corrected chi connectivity index (χ4v) is 1.79. The summed E-state index contributed by atoms with van der Waals surface area (Å²) in [6.45, 7) is 1.84. The van der Waals surface area contributed by atoms with Crippen LogP contribution in [0.5, 0.6) is 0 Å². The smallest absolute Gasteiger partial charge is 0.336 e. The molecule has 80 valence electrons. The Morgan fingerprint density at radius 2 is 2.12 bits per heavy atom. The predicted molar refractivity (Wildman–Crippen MR) is 59.2 cm³/mol. The molecule has 0 aliphatic heterocycles. The molecule has 3 aromatic rings. The topological polar surface area (TPSA) is 82.3 Å². The Morgan fingerprint density at radius 1 is 1.31 bits per heavy atom. The molecule has 0 unspecified atom stereocenters. The van der Waals surface area contributed by atoms with Crippen molar-refractivity contribution in [2.45, 2.75) is 6.92 Å². The highest BCUT2D eigenvalue weighted by molar-refractivity contribution is 6.00. The van der Waals surface area contributed by atoms with Gasteiger partial charge in [-0.05, 0) is 24.6 Å². The lowest BCUT2D eigenvalue weighted by molar-refractivity contribution is 0.562. The first-order valence-electron chi connectivity index (χ1n) is 4.74. The maximum absolute atomic E-state index is 11.3. The van der Waals surface area contributed by atoms with E-state index in [9.17, 15) is 4.79 Å². The van der Waals surface area contributed by atoms with E-state index in [2.05, 4.69) is 4.98 Å². The van der Waals surface area contributed by atoms with Crippen molar-refractivity contribution in [2.75, 3.05) is 5.73 Å². The van der Waals surface area contributed by atoms with Crippen molar-refractivity contribution in [3.05, 3.63) is 34.2 Å². The van der Waals surface area contributed by atoms with E-state index in [1.54, 1.807) is 6.07 Å². The van der Waals surface area contributed by atoms with Crippen molar-refractivity contribution in [1.29, 1.82) is 0 Å². The van der Waals surface area contributed by atoms with Crippen LogP contribution in [0.15, 0.2) is 31.8 Å². The SMILES string of the molecule is Cc1cc(=O)oc2c1ccc1oc(N)nc12. The summed E-state index contributed by atoms with van der Waals surface area (Å²) in [7, 11) is 0. The zero-order valence-electron chi connectivity index (χ0n) is 8.48. The molecule has 2 N–H and O–H groups in total. The molecule has 0 spiro atoms. The summed E-state index contributed by atoms with van der Waals surface area (Å²) in [5.41, 5.74) is 7.31. The van der Waals surface area contributed by atoms with Gasteiger partial charge >= 0.3 is 5.63 Å². The number of anilines is 1. The lowest BCUT2D eigenvalue weighted by Gasteiger charge is -1.98. The molecule has 0 atom stereocenters. The van der Waals surface area contributed by atoms with E-state index in [0.717, 1.165) is 10.9 Å². The van der Waals surface area contributed by atoms with Gasteiger partial charge in [-0.15, -0.1) is 0 Å². The first-order chi connectivity index (χ1) is 7.65. The highest BCUT2D eigenvalue weighted by atomic mass is 16.4. The second-order valence-corrected chi connectivity index (χ2v) is 3.59. The molecule has 1 aromatic carbocycles. The van der Waals surface area contributed by atoms with Crippen molar-refractivity contribution < 1.29 is 8.83 Å². The van der Waals surface area contributed by atoms with Gasteiger partial charge in [-0.3, -0.25) is 0 Å². The van der Waals surface area contributed by atoms with E-state index in [-0.39, 0.29) is 6.01 Å². The number of nitrogens with two attached hydrogens (primary N) is 1. The summed E-state index contributed by atoms with van der Waals surface area (Å²) in [5.74, 6) is 0. The van der Waals surface area contributed by atoms with Crippen LogP contribution >= 0.6 is 0 Å². The van der Waals surface area contributed by atoms with Gasteiger partial charge in [0.25, 0.3) is 6.01 Å². The maximum atomic E-state index is 11.3. The fraction of sp³-hybridized carbons (Fsp3) is 0.0909. The molecule has 5 nitrogen and oxygen atoms in total. The minimum Gasteiger partial charge on any atom is -0.424 e. The molecule has 3 rings (SSSR count). The molecule has 0 fully saturated rings. The average Bonchev–Trinajstić information content (AvgIpc) is 2.58. The van der Waals surface area contributed by atoms with Gasteiger partial charge in [-0.1, -0.05) is 0 Å². The van der Waals surface area contributed by atoms with Crippen LogP contribution in [-0.4, -0.2) is 4.98 Å². The molecule has 0 radical (unpaired) electrons. The number of nitrogens with zero attached hydrogens (tertiary/aromatic N) is 1. The van der Waals surface area contributed by atoms with Crippen LogP contribution in [0.2, 0.25) is 0 Å². The molecular formula is C11H8N2O3. The Hall–Kier alpha value is -2.30. The average molecular weight is 216 g/mol. The van der Waals surface area contributed by atoms with Crippen LogP contribution in [0, 0.1) is 6.92 Å². The van der Waals surface area contributed by atoms with Crippen LogP contribution in [0.3, 0.4) is 0 Å². The number of aromatic nitrogens is 1. The highest BCUT2D eigenvalue weighted by Crippen LogP contribution is 2.26. The normalized spacial score (nSPS) is 11.3. The molecule has 16 heavy (non-hydrogen) atoms. The van der Waals surface area contributed by atoms with Crippen molar-refractivity contribution in [1.82, 2.24) is 4.98 Å². The second-order valence-electron chi connectivity index (χ2n) is 3.59. The Labute approximate surface area is 89.5 Å². The van der Waals surface area contributed by atoms with E-state index in [1.165, 1.54) is 6.07 Å². The molecule has 5 heteroatoms. The number of fused-ring (bicyclic) bond motifs is 3. The summed E-state index contributed by atoms with van der Waals surface area (Å²) in [5, 5.41) is 0.834. The van der Waals surface area contributed by atoms with Crippen molar-refractivity contribution in [3.8, 4) is 0 Å². The van der Waals surface area contributed by atoms with Crippen molar-refractivity contribution in [2.24, 2.45) is 0 Å². The number of aryl methyl sites for hydroxylation is 1. The number of benzene rings is 1. The third-order valence-electron chi connectivity index (χ3n) is 2.49. The summed E-state index contributed by atoms with van der Waals surface area (Å²) in [6.07, 6.45) is 0. The summed E-state index contributed by atoms with van der Waals surface area (Å²) >= 11 is 0. The van der Waals surface area contributed by atoms with Crippen LogP contribution in [-0.2, 0) is 0 Å². The number of rotatable bonds is 0. The van der Waals surface area contributed by atoms with E-state index in [4.69, 9.17) is 14.6 Å². The molecule has 0 aliphatic carbocycles. The van der Waals surface area contributed by atoms with Crippen molar-refractivity contribution in [3.63, 3.8) is 0 Å². The first kappa shape index (κ1) is 8.96. The van der Waals surface area contributed by atoms with E-state index in [1.807, 2.05) is 13.0 Å². The predicted octanol–water partition coefficient (Wildman–Crippen LogP) is 1.82. The lowest BCUT2D eigenvalue weighted by Crippen LogP contribution is -1.98. The molecule has 2 aromatic heterocycles. The van der Waals surface area contributed by atoms with Gasteiger partial charge < -0.3 is 14.6 Å². The minimum atomic E-state index is -0.404. The number of hydrogen-bond donors (Lipinski definition) is 1. The molecule has 0 aliphatic rings. The van der Waals surface area contributed by atoms with Gasteiger partial charge in [-0.2, -0.15) is 4.98 Å². The number of oxazole rings is 1. The zero-order valence-corrected chi connectivity index (χ0v) is 8.48. The van der Waals surface area contributed by atoms with Gasteiger partial charge in [-0.25, -0.2) is 4.79 Å². The second kappa shape index (κ2) is 2.85. The summed E-state index contributed by atoms with van der Waals surface area (Å²) < 4.78 is 10.3. The van der Waals surface area contributed by atoms with Gasteiger partial charge in [0.1, 0.15) is 0 Å². The molecule has 0 saturated heterocycles. The maximum Gasteiger partial charge on any atom is 0.336 e. The number of hydrogen-bond acceptors (Lipinski definition) is 5. The molecule has 0 amide bonds. The van der Waals surface area contributed by atoms with Crippen LogP contribution in [0.25, 0.3) is 22.1 Å². The van der Waals surface area contributed by atoms with Gasteiger partial charge in [0.05, 0.1) is 0 Å². The summed E-state index contributed by atoms with van der Waals surface area (Å²) in [4.78, 5) is 15.3. The standard InChI is InChI=1S/C11H8N2O3/c1-5-4-8(14)16-10-6(5)2-3-7-9(10)13-11(12)15-7/h2-4H,1H3,(H2,12,13). The van der Waals surface area contributed by atoms with Crippen LogP contribution in [0.4, 0.5) is 6.01 Å². The molecule has 0 saturated carbocycles. The largest absolute Gasteiger partial charge is 0.424 e. The fourth-order valence-electron chi connectivity index (χ4n) is 1.79. The zero-order chi connectivity index (χ0) is 11.3. The van der Waals surface area contributed by atoms with E-state index >= 15 is 0 Å². The third kappa shape index (κ3) is 1.11. The van der Waals surface area contributed by atoms with Gasteiger partial charge in [0, 0.05) is 11.5 Å². The Morgan fingerprint density at radius 3 is 2.94 bits per heavy atom. The van der Waals surface area contributed by atoms with E-state index in [0.29, 0.717) is 16.7 Å². The molecular weight excluding hydrogens is 208 g/mol. The Bertz CT molecular complexity index is 755. The van der Waals surface area contributed by atoms with E-state index < -0.39 is 5.63 Å². The summed E-state index contributed by atoms with van der Waals surface area (Å²) in [6, 6.07) is 5.08. The van der Waals surface area contributed by atoms with Crippen molar-refractivity contribution >= 4 is 28.1 Å². The monoisotopic (exact) mass is 216 g/mol. The van der Waals surface area contributed by atoms with Gasteiger partial charge in [0.15, 0.2) is 16.7 Å². The highest BCUT2D eigenvalue weighted by Gasteiger charge is 2.11. The quantitative estimate of drug-likeness (QED) is 0.579. The third-order valence-corrected chi connectivity index (χ3v) is 2.49. The van der Waals surface area contributed by atoms with Crippen LogP contribution in [0.1, 0.15) is 5.56 Å². The first-order valence-corrected chi connectivity index (χ1v) is 4.74. The molecule has 2 heterocycles. The van der Waals surface area contributed by atoms with Gasteiger partial charge in [0.2, 0.25) is 0 Å². The number of nitrogen functional groups attached to an aromatic ring is 1. The van der Waals surface area contributed by atoms with Crippen LogP contribution < -0.4 is 11.4 Å².